The number of rotatable bonds is 5. The van der Waals surface area contributed by atoms with Crippen LogP contribution in [0.5, 0.6) is 5.75 Å². The van der Waals surface area contributed by atoms with Gasteiger partial charge >= 0.3 is 0 Å². The van der Waals surface area contributed by atoms with E-state index in [1.807, 2.05) is 12.1 Å². The van der Waals surface area contributed by atoms with Gasteiger partial charge in [-0.3, -0.25) is 0 Å². The van der Waals surface area contributed by atoms with Gasteiger partial charge in [0.25, 0.3) is 0 Å². The van der Waals surface area contributed by atoms with Crippen LogP contribution in [0.15, 0.2) is 115 Å². The topological polar surface area (TPSA) is 20.2 Å². The largest absolute Gasteiger partial charge is 0.508 e. The summed E-state index contributed by atoms with van der Waals surface area (Å²) in [4.78, 5) is 0. The monoisotopic (exact) mass is 350 g/mol. The van der Waals surface area contributed by atoms with Crippen LogP contribution in [0.1, 0.15) is 22.3 Å². The van der Waals surface area contributed by atoms with Crippen molar-refractivity contribution in [1.29, 1.82) is 0 Å². The molecule has 0 saturated heterocycles. The summed E-state index contributed by atoms with van der Waals surface area (Å²) in [5.41, 5.74) is 4.66. The number of phenols is 1. The summed E-state index contributed by atoms with van der Waals surface area (Å²) in [6, 6.07) is 39.6. The molecule has 0 saturated carbocycles. The maximum atomic E-state index is 9.71. The summed E-state index contributed by atoms with van der Waals surface area (Å²) in [6.07, 6.45) is 0.811. The Kier molecular flexibility index (Phi) is 4.76. The van der Waals surface area contributed by atoms with Crippen LogP contribution in [0.2, 0.25) is 0 Å². The molecule has 0 aliphatic heterocycles. The molecule has 0 bridgehead atoms. The summed E-state index contributed by atoms with van der Waals surface area (Å²) in [5, 5.41) is 9.71. The van der Waals surface area contributed by atoms with E-state index >= 15 is 0 Å². The predicted octanol–water partition coefficient (Wildman–Crippen LogP) is 5.97. The fraction of sp³-hybridized carbons (Fsp3) is 0.0769. The molecule has 0 atom stereocenters. The summed E-state index contributed by atoms with van der Waals surface area (Å²) >= 11 is 0. The zero-order valence-electron chi connectivity index (χ0n) is 15.1. The third kappa shape index (κ3) is 3.37. The Morgan fingerprint density at radius 1 is 0.481 bits per heavy atom. The lowest BCUT2D eigenvalue weighted by molar-refractivity contribution is 0.475. The molecular formula is C26H22O. The van der Waals surface area contributed by atoms with Crippen molar-refractivity contribution in [3.05, 3.63) is 138 Å². The fourth-order valence-electron chi connectivity index (χ4n) is 3.89. The maximum absolute atomic E-state index is 9.71. The average Bonchev–Trinajstić information content (AvgIpc) is 2.75. The normalized spacial score (nSPS) is 11.3. The van der Waals surface area contributed by atoms with Gasteiger partial charge in [0.2, 0.25) is 0 Å². The minimum absolute atomic E-state index is 0.295. The molecule has 0 unspecified atom stereocenters. The van der Waals surface area contributed by atoms with Crippen molar-refractivity contribution in [2.75, 3.05) is 0 Å². The molecule has 0 aliphatic carbocycles. The summed E-state index contributed by atoms with van der Waals surface area (Å²) in [5.74, 6) is 0.295. The molecule has 4 aromatic carbocycles. The van der Waals surface area contributed by atoms with E-state index < -0.39 is 0 Å². The Bertz CT molecular complexity index is 878. The van der Waals surface area contributed by atoms with Crippen LogP contribution < -0.4 is 0 Å². The van der Waals surface area contributed by atoms with Crippen molar-refractivity contribution in [1.82, 2.24) is 0 Å². The summed E-state index contributed by atoms with van der Waals surface area (Å²) < 4.78 is 0. The van der Waals surface area contributed by atoms with E-state index in [1.54, 1.807) is 12.1 Å². The molecular weight excluding hydrogens is 328 g/mol. The minimum atomic E-state index is -0.305. The Labute approximate surface area is 160 Å². The molecule has 0 fully saturated rings. The van der Waals surface area contributed by atoms with Gasteiger partial charge in [-0.25, -0.2) is 0 Å². The van der Waals surface area contributed by atoms with Gasteiger partial charge in [0.1, 0.15) is 5.75 Å². The molecule has 1 heteroatoms. The van der Waals surface area contributed by atoms with E-state index in [-0.39, 0.29) is 5.41 Å². The average molecular weight is 350 g/mol. The number of benzene rings is 4. The standard InChI is InChI=1S/C26H22O/c27-25-18-16-21(17-19-25)20-26(22-10-4-1-5-11-22,23-12-6-2-7-13-23)24-14-8-3-9-15-24/h1-19,27H,20H2. The van der Waals surface area contributed by atoms with Crippen LogP contribution in [-0.2, 0) is 11.8 Å². The zero-order chi connectivity index (χ0) is 18.5. The van der Waals surface area contributed by atoms with Gasteiger partial charge in [0.15, 0.2) is 0 Å². The lowest BCUT2D eigenvalue weighted by Crippen LogP contribution is -2.32. The second-order valence-electron chi connectivity index (χ2n) is 6.85. The van der Waals surface area contributed by atoms with Crippen LogP contribution in [0.4, 0.5) is 0 Å². The highest BCUT2D eigenvalue weighted by Gasteiger charge is 2.36. The van der Waals surface area contributed by atoms with E-state index in [2.05, 4.69) is 91.0 Å². The number of hydrogen-bond acceptors (Lipinski definition) is 1. The summed E-state index contributed by atoms with van der Waals surface area (Å²) in [7, 11) is 0. The Hall–Kier alpha value is -3.32. The van der Waals surface area contributed by atoms with E-state index in [9.17, 15) is 5.11 Å². The molecule has 132 valence electrons. The molecule has 4 rings (SSSR count). The van der Waals surface area contributed by atoms with Gasteiger partial charge < -0.3 is 5.11 Å². The molecule has 0 aliphatic rings. The second kappa shape index (κ2) is 7.51. The highest BCUT2D eigenvalue weighted by Crippen LogP contribution is 2.42. The van der Waals surface area contributed by atoms with Crippen LogP contribution in [0.25, 0.3) is 0 Å². The lowest BCUT2D eigenvalue weighted by atomic mass is 9.66. The van der Waals surface area contributed by atoms with Gasteiger partial charge in [-0.15, -0.1) is 0 Å². The number of hydrogen-bond donors (Lipinski definition) is 1. The van der Waals surface area contributed by atoms with Crippen LogP contribution in [0.3, 0.4) is 0 Å². The third-order valence-corrected chi connectivity index (χ3v) is 5.21. The highest BCUT2D eigenvalue weighted by molar-refractivity contribution is 5.52. The Morgan fingerprint density at radius 3 is 1.22 bits per heavy atom. The summed E-state index contributed by atoms with van der Waals surface area (Å²) in [6.45, 7) is 0. The van der Waals surface area contributed by atoms with Crippen molar-refractivity contribution >= 4 is 0 Å². The molecule has 0 radical (unpaired) electrons. The maximum Gasteiger partial charge on any atom is 0.115 e. The van der Waals surface area contributed by atoms with Crippen LogP contribution in [0, 0.1) is 0 Å². The molecule has 0 amide bonds. The SMILES string of the molecule is Oc1ccc(CC(c2ccccc2)(c2ccccc2)c2ccccc2)cc1. The Morgan fingerprint density at radius 2 is 0.852 bits per heavy atom. The first-order valence-corrected chi connectivity index (χ1v) is 9.23. The van der Waals surface area contributed by atoms with Crippen LogP contribution >= 0.6 is 0 Å². The molecule has 4 aromatic rings. The molecule has 1 N–H and O–H groups in total. The smallest absolute Gasteiger partial charge is 0.115 e. The van der Waals surface area contributed by atoms with Crippen molar-refractivity contribution in [2.45, 2.75) is 11.8 Å². The first-order chi connectivity index (χ1) is 13.3. The van der Waals surface area contributed by atoms with Crippen molar-refractivity contribution in [3.8, 4) is 5.75 Å². The zero-order valence-corrected chi connectivity index (χ0v) is 15.1. The van der Waals surface area contributed by atoms with E-state index in [0.29, 0.717) is 5.75 Å². The number of aromatic hydroxyl groups is 1. The van der Waals surface area contributed by atoms with Crippen molar-refractivity contribution in [2.24, 2.45) is 0 Å². The lowest BCUT2D eigenvalue weighted by Gasteiger charge is -2.36. The van der Waals surface area contributed by atoms with Gasteiger partial charge in [-0.2, -0.15) is 0 Å². The van der Waals surface area contributed by atoms with Gasteiger partial charge in [0, 0.05) is 5.41 Å². The highest BCUT2D eigenvalue weighted by atomic mass is 16.3. The Balaban J connectivity index is 1.98. The molecule has 0 heterocycles. The van der Waals surface area contributed by atoms with Gasteiger partial charge in [-0.05, 0) is 40.8 Å². The van der Waals surface area contributed by atoms with E-state index in [0.717, 1.165) is 6.42 Å². The first-order valence-electron chi connectivity index (χ1n) is 9.23. The van der Waals surface area contributed by atoms with Crippen LogP contribution in [-0.4, -0.2) is 5.11 Å². The second-order valence-corrected chi connectivity index (χ2v) is 6.85. The molecule has 1 nitrogen and oxygen atoms in total. The van der Waals surface area contributed by atoms with Gasteiger partial charge in [-0.1, -0.05) is 103 Å². The van der Waals surface area contributed by atoms with Gasteiger partial charge in [0.05, 0.1) is 0 Å². The fourth-order valence-corrected chi connectivity index (χ4v) is 3.89. The predicted molar refractivity (Wildman–Crippen MR) is 111 cm³/mol. The first kappa shape index (κ1) is 17.1. The molecule has 0 aromatic heterocycles. The minimum Gasteiger partial charge on any atom is -0.508 e. The van der Waals surface area contributed by atoms with Crippen molar-refractivity contribution in [3.63, 3.8) is 0 Å². The van der Waals surface area contributed by atoms with E-state index in [1.165, 1.54) is 22.3 Å². The van der Waals surface area contributed by atoms with Crippen molar-refractivity contribution < 1.29 is 5.11 Å². The quantitative estimate of drug-likeness (QED) is 0.440. The van der Waals surface area contributed by atoms with E-state index in [4.69, 9.17) is 0 Å². The third-order valence-electron chi connectivity index (χ3n) is 5.21. The molecule has 27 heavy (non-hydrogen) atoms. The number of phenolic OH excluding ortho intramolecular Hbond substituents is 1. The molecule has 0 spiro atoms.